The van der Waals surface area contributed by atoms with Crippen LogP contribution in [0.4, 0.5) is 0 Å². The predicted octanol–water partition coefficient (Wildman–Crippen LogP) is 3.13. The molecule has 2 fully saturated rings. The quantitative estimate of drug-likeness (QED) is 0.925. The van der Waals surface area contributed by atoms with Gasteiger partial charge in [-0.25, -0.2) is 4.68 Å². The number of hydrogen-bond donors (Lipinski definition) is 1. The predicted molar refractivity (Wildman–Crippen MR) is 80.1 cm³/mol. The van der Waals surface area contributed by atoms with Crippen molar-refractivity contribution < 1.29 is 0 Å². The molecule has 0 spiro atoms. The van der Waals surface area contributed by atoms with Gasteiger partial charge in [-0.3, -0.25) is 0 Å². The molecule has 2 aromatic rings. The van der Waals surface area contributed by atoms with Gasteiger partial charge in [0.25, 0.3) is 0 Å². The van der Waals surface area contributed by atoms with Gasteiger partial charge in [-0.15, -0.1) is 0 Å². The lowest BCUT2D eigenvalue weighted by molar-refractivity contribution is 0.556. The highest BCUT2D eigenvalue weighted by atomic mass is 15.3. The number of hydrogen-bond acceptors (Lipinski definition) is 2. The monoisotopic (exact) mass is 267 g/mol. The van der Waals surface area contributed by atoms with E-state index in [-0.39, 0.29) is 11.5 Å². The summed E-state index contributed by atoms with van der Waals surface area (Å²) in [6, 6.07) is 11.2. The fraction of sp³-hybridized carbons (Fsp3) is 0.471. The van der Waals surface area contributed by atoms with Gasteiger partial charge in [-0.05, 0) is 56.4 Å². The SMILES string of the molecule is CC(N)C1(c2ccc(-n3nccc3C3CC3)cc2)CC1. The molecule has 2 aliphatic rings. The van der Waals surface area contributed by atoms with E-state index < -0.39 is 0 Å². The Balaban J connectivity index is 1.66. The maximum Gasteiger partial charge on any atom is 0.0649 e. The summed E-state index contributed by atoms with van der Waals surface area (Å²) in [4.78, 5) is 0. The zero-order valence-electron chi connectivity index (χ0n) is 11.9. The Morgan fingerprint density at radius 2 is 1.90 bits per heavy atom. The minimum absolute atomic E-state index is 0.236. The molecule has 1 aromatic carbocycles. The van der Waals surface area contributed by atoms with E-state index in [2.05, 4.69) is 47.0 Å². The summed E-state index contributed by atoms with van der Waals surface area (Å²) < 4.78 is 2.09. The van der Waals surface area contributed by atoms with Crippen molar-refractivity contribution in [2.45, 2.75) is 50.0 Å². The highest BCUT2D eigenvalue weighted by Gasteiger charge is 2.47. The number of benzene rings is 1. The molecule has 2 aliphatic carbocycles. The minimum Gasteiger partial charge on any atom is -0.327 e. The van der Waals surface area contributed by atoms with E-state index in [1.165, 1.54) is 42.6 Å². The molecular formula is C17H21N3. The van der Waals surface area contributed by atoms with Crippen LogP contribution in [0.5, 0.6) is 0 Å². The van der Waals surface area contributed by atoms with Gasteiger partial charge < -0.3 is 5.73 Å². The van der Waals surface area contributed by atoms with Crippen LogP contribution >= 0.6 is 0 Å². The largest absolute Gasteiger partial charge is 0.327 e. The van der Waals surface area contributed by atoms with Crippen LogP contribution in [0.3, 0.4) is 0 Å². The molecule has 0 aliphatic heterocycles. The Labute approximate surface area is 119 Å². The van der Waals surface area contributed by atoms with E-state index in [1.54, 1.807) is 0 Å². The smallest absolute Gasteiger partial charge is 0.0649 e. The zero-order valence-corrected chi connectivity index (χ0v) is 11.9. The first-order valence-electron chi connectivity index (χ1n) is 7.61. The summed E-state index contributed by atoms with van der Waals surface area (Å²) in [5.74, 6) is 0.719. The molecule has 4 rings (SSSR count). The van der Waals surface area contributed by atoms with Gasteiger partial charge >= 0.3 is 0 Å². The van der Waals surface area contributed by atoms with E-state index in [4.69, 9.17) is 5.73 Å². The Hall–Kier alpha value is -1.61. The Morgan fingerprint density at radius 3 is 2.45 bits per heavy atom. The van der Waals surface area contributed by atoms with Crippen LogP contribution in [0.2, 0.25) is 0 Å². The van der Waals surface area contributed by atoms with Gasteiger partial charge in [0.2, 0.25) is 0 Å². The summed E-state index contributed by atoms with van der Waals surface area (Å²) in [5.41, 5.74) is 10.3. The van der Waals surface area contributed by atoms with E-state index >= 15 is 0 Å². The number of rotatable bonds is 4. The lowest BCUT2D eigenvalue weighted by Gasteiger charge is -2.20. The van der Waals surface area contributed by atoms with Crippen molar-refractivity contribution in [3.8, 4) is 5.69 Å². The zero-order chi connectivity index (χ0) is 13.7. The van der Waals surface area contributed by atoms with Gasteiger partial charge in [-0.1, -0.05) is 12.1 Å². The van der Waals surface area contributed by atoms with Crippen molar-refractivity contribution in [3.63, 3.8) is 0 Å². The second-order valence-corrected chi connectivity index (χ2v) is 6.43. The summed E-state index contributed by atoms with van der Waals surface area (Å²) in [5, 5.41) is 4.48. The number of aromatic nitrogens is 2. The third-order valence-electron chi connectivity index (χ3n) is 5.01. The second-order valence-electron chi connectivity index (χ2n) is 6.43. The fourth-order valence-electron chi connectivity index (χ4n) is 3.29. The lowest BCUT2D eigenvalue weighted by atomic mass is 9.89. The normalized spacial score (nSPS) is 21.7. The molecule has 3 nitrogen and oxygen atoms in total. The van der Waals surface area contributed by atoms with Gasteiger partial charge in [0, 0.05) is 29.3 Å². The molecule has 1 heterocycles. The lowest BCUT2D eigenvalue weighted by Crippen LogP contribution is -2.31. The molecule has 1 unspecified atom stereocenters. The Bertz CT molecular complexity index is 616. The molecule has 0 bridgehead atoms. The van der Waals surface area contributed by atoms with Crippen LogP contribution in [-0.4, -0.2) is 15.8 Å². The van der Waals surface area contributed by atoms with Crippen LogP contribution < -0.4 is 5.73 Å². The van der Waals surface area contributed by atoms with Crippen LogP contribution in [0.25, 0.3) is 5.69 Å². The average Bonchev–Trinajstić information content (AvgIpc) is 3.37. The van der Waals surface area contributed by atoms with Gasteiger partial charge in [0.1, 0.15) is 0 Å². The molecule has 0 saturated heterocycles. The third kappa shape index (κ3) is 1.80. The van der Waals surface area contributed by atoms with Crippen LogP contribution in [0.1, 0.15) is 49.8 Å². The summed E-state index contributed by atoms with van der Waals surface area (Å²) >= 11 is 0. The van der Waals surface area contributed by atoms with Gasteiger partial charge in [0.05, 0.1) is 5.69 Å². The second kappa shape index (κ2) is 4.19. The van der Waals surface area contributed by atoms with Crippen molar-refractivity contribution in [1.29, 1.82) is 0 Å². The summed E-state index contributed by atoms with van der Waals surface area (Å²) in [6.45, 7) is 2.12. The molecule has 1 aromatic heterocycles. The van der Waals surface area contributed by atoms with E-state index in [0.717, 1.165) is 5.92 Å². The first-order chi connectivity index (χ1) is 9.71. The van der Waals surface area contributed by atoms with E-state index in [1.807, 2.05) is 6.20 Å². The Kier molecular flexibility index (Phi) is 2.55. The Morgan fingerprint density at radius 1 is 1.20 bits per heavy atom. The van der Waals surface area contributed by atoms with Gasteiger partial charge in [-0.2, -0.15) is 5.10 Å². The highest BCUT2D eigenvalue weighted by Crippen LogP contribution is 2.50. The highest BCUT2D eigenvalue weighted by molar-refractivity contribution is 5.42. The van der Waals surface area contributed by atoms with Crippen molar-refractivity contribution >= 4 is 0 Å². The average molecular weight is 267 g/mol. The third-order valence-corrected chi connectivity index (χ3v) is 5.01. The maximum atomic E-state index is 6.15. The van der Waals surface area contributed by atoms with E-state index in [9.17, 15) is 0 Å². The molecule has 0 radical (unpaired) electrons. The molecule has 104 valence electrons. The summed E-state index contributed by atoms with van der Waals surface area (Å²) in [6.07, 6.45) is 6.96. The van der Waals surface area contributed by atoms with Gasteiger partial charge in [0.15, 0.2) is 0 Å². The molecule has 3 heteroatoms. The standard InChI is InChI=1S/C17H21N3/c1-12(18)17(9-10-17)14-4-6-15(7-5-14)20-16(8-11-19-20)13-2-3-13/h4-8,11-13H,2-3,9-10,18H2,1H3. The first kappa shape index (κ1) is 12.2. The fourth-order valence-corrected chi connectivity index (χ4v) is 3.29. The molecule has 2 saturated carbocycles. The topological polar surface area (TPSA) is 43.8 Å². The maximum absolute atomic E-state index is 6.15. The molecule has 1 atom stereocenters. The van der Waals surface area contributed by atoms with Crippen LogP contribution in [0.15, 0.2) is 36.5 Å². The molecule has 2 N–H and O–H groups in total. The van der Waals surface area contributed by atoms with Crippen LogP contribution in [0, 0.1) is 0 Å². The number of nitrogens with two attached hydrogens (primary N) is 1. The van der Waals surface area contributed by atoms with Crippen molar-refractivity contribution in [2.24, 2.45) is 5.73 Å². The first-order valence-corrected chi connectivity index (χ1v) is 7.61. The molecule has 20 heavy (non-hydrogen) atoms. The van der Waals surface area contributed by atoms with Crippen LogP contribution in [-0.2, 0) is 5.41 Å². The van der Waals surface area contributed by atoms with Crippen molar-refractivity contribution in [1.82, 2.24) is 9.78 Å². The van der Waals surface area contributed by atoms with E-state index in [0.29, 0.717) is 0 Å². The van der Waals surface area contributed by atoms with Crippen molar-refractivity contribution in [2.75, 3.05) is 0 Å². The number of nitrogens with zero attached hydrogens (tertiary/aromatic N) is 2. The summed E-state index contributed by atoms with van der Waals surface area (Å²) in [7, 11) is 0. The molecule has 0 amide bonds. The minimum atomic E-state index is 0.236. The van der Waals surface area contributed by atoms with Crippen molar-refractivity contribution in [3.05, 3.63) is 47.8 Å². The molecular weight excluding hydrogens is 246 g/mol.